The maximum Gasteiger partial charge on any atom is 0.0701 e. The Morgan fingerprint density at radius 2 is 1.87 bits per heavy atom. The van der Waals surface area contributed by atoms with Crippen LogP contribution in [0.15, 0.2) is 24.3 Å². The molecule has 84 valence electrons. The van der Waals surface area contributed by atoms with Gasteiger partial charge in [-0.1, -0.05) is 32.0 Å². The molecule has 0 fully saturated rings. The molecule has 0 heterocycles. The van der Waals surface area contributed by atoms with Crippen LogP contribution >= 0.6 is 0 Å². The van der Waals surface area contributed by atoms with Crippen molar-refractivity contribution in [1.82, 2.24) is 0 Å². The lowest BCUT2D eigenvalue weighted by Gasteiger charge is -2.19. The molecule has 1 aromatic rings. The number of rotatable bonds is 5. The molecular formula is C13H21NO. The fraction of sp³-hybridized carbons (Fsp3) is 0.538. The van der Waals surface area contributed by atoms with E-state index in [9.17, 15) is 5.11 Å². The Morgan fingerprint density at radius 1 is 1.20 bits per heavy atom. The zero-order valence-corrected chi connectivity index (χ0v) is 9.83. The molecule has 0 aliphatic heterocycles. The lowest BCUT2D eigenvalue weighted by atomic mass is 10.0. The number of nitrogens with one attached hydrogen (secondary N) is 1. The van der Waals surface area contributed by atoms with Crippen LogP contribution in [0.3, 0.4) is 0 Å². The molecule has 0 aliphatic carbocycles. The van der Waals surface area contributed by atoms with Gasteiger partial charge in [0.05, 0.1) is 6.61 Å². The largest absolute Gasteiger partial charge is 0.392 e. The van der Waals surface area contributed by atoms with Crippen molar-refractivity contribution < 1.29 is 5.11 Å². The first-order valence-electron chi connectivity index (χ1n) is 5.58. The minimum atomic E-state index is 0.0948. The predicted octanol–water partition coefficient (Wildman–Crippen LogP) is 3.03. The van der Waals surface area contributed by atoms with Crippen LogP contribution in [0.5, 0.6) is 0 Å². The minimum Gasteiger partial charge on any atom is -0.392 e. The van der Waals surface area contributed by atoms with Gasteiger partial charge in [-0.3, -0.25) is 0 Å². The number of para-hydroxylation sites is 1. The molecule has 0 aliphatic rings. The fourth-order valence-corrected chi connectivity index (χ4v) is 1.83. The smallest absolute Gasteiger partial charge is 0.0701 e. The van der Waals surface area contributed by atoms with E-state index >= 15 is 0 Å². The highest BCUT2D eigenvalue weighted by Crippen LogP contribution is 2.17. The molecule has 0 unspecified atom stereocenters. The van der Waals surface area contributed by atoms with Gasteiger partial charge < -0.3 is 10.4 Å². The molecule has 0 aromatic heterocycles. The lowest BCUT2D eigenvalue weighted by molar-refractivity contribution is 0.282. The average Bonchev–Trinajstić information content (AvgIpc) is 2.17. The standard InChI is InChI=1S/C13H21NO/c1-10(2)8-11(3)14-13-7-5-4-6-12(13)9-15/h4-7,10-11,14-15H,8-9H2,1-3H3/t11-/m1/s1. The summed E-state index contributed by atoms with van der Waals surface area (Å²) in [6.07, 6.45) is 1.14. The number of hydrogen-bond acceptors (Lipinski definition) is 2. The molecule has 2 N–H and O–H groups in total. The lowest BCUT2D eigenvalue weighted by Crippen LogP contribution is -2.18. The van der Waals surface area contributed by atoms with E-state index in [0.29, 0.717) is 12.0 Å². The quantitative estimate of drug-likeness (QED) is 0.778. The van der Waals surface area contributed by atoms with Crippen LogP contribution in [0.25, 0.3) is 0 Å². The molecule has 2 nitrogen and oxygen atoms in total. The molecule has 0 saturated heterocycles. The minimum absolute atomic E-state index is 0.0948. The van der Waals surface area contributed by atoms with Gasteiger partial charge in [-0.15, -0.1) is 0 Å². The van der Waals surface area contributed by atoms with Gasteiger partial charge in [-0.05, 0) is 25.3 Å². The van der Waals surface area contributed by atoms with Gasteiger partial charge in [0.15, 0.2) is 0 Å². The van der Waals surface area contributed by atoms with Crippen molar-refractivity contribution in [2.24, 2.45) is 5.92 Å². The summed E-state index contributed by atoms with van der Waals surface area (Å²) in [6.45, 7) is 6.71. The molecule has 1 aromatic carbocycles. The van der Waals surface area contributed by atoms with Crippen molar-refractivity contribution in [2.45, 2.75) is 39.8 Å². The van der Waals surface area contributed by atoms with Crippen LogP contribution in [-0.2, 0) is 6.61 Å². The van der Waals surface area contributed by atoms with E-state index in [1.807, 2.05) is 24.3 Å². The Labute approximate surface area is 92.3 Å². The van der Waals surface area contributed by atoms with Crippen LogP contribution in [0.4, 0.5) is 5.69 Å². The van der Waals surface area contributed by atoms with Gasteiger partial charge in [0.1, 0.15) is 0 Å². The Morgan fingerprint density at radius 3 is 2.47 bits per heavy atom. The summed E-state index contributed by atoms with van der Waals surface area (Å²) in [4.78, 5) is 0. The highest BCUT2D eigenvalue weighted by atomic mass is 16.3. The first-order valence-corrected chi connectivity index (χ1v) is 5.58. The second kappa shape index (κ2) is 5.76. The molecule has 15 heavy (non-hydrogen) atoms. The van der Waals surface area contributed by atoms with Gasteiger partial charge in [0.25, 0.3) is 0 Å². The average molecular weight is 207 g/mol. The van der Waals surface area contributed by atoms with E-state index < -0.39 is 0 Å². The molecule has 2 heteroatoms. The Kier molecular flexibility index (Phi) is 4.63. The molecule has 0 saturated carbocycles. The normalized spacial score (nSPS) is 12.9. The Hall–Kier alpha value is -1.02. The number of aliphatic hydroxyl groups excluding tert-OH is 1. The molecule has 0 bridgehead atoms. The second-order valence-electron chi connectivity index (χ2n) is 4.49. The van der Waals surface area contributed by atoms with Crippen LogP contribution in [0.2, 0.25) is 0 Å². The van der Waals surface area contributed by atoms with Crippen molar-refractivity contribution in [3.8, 4) is 0 Å². The molecule has 0 amide bonds. The molecule has 1 atom stereocenters. The predicted molar refractivity (Wildman–Crippen MR) is 64.9 cm³/mol. The van der Waals surface area contributed by atoms with Crippen LogP contribution in [-0.4, -0.2) is 11.1 Å². The molecule has 0 spiro atoms. The molecule has 0 radical (unpaired) electrons. The van der Waals surface area contributed by atoms with Gasteiger partial charge in [0.2, 0.25) is 0 Å². The van der Waals surface area contributed by atoms with Crippen LogP contribution in [0.1, 0.15) is 32.8 Å². The van der Waals surface area contributed by atoms with Gasteiger partial charge in [0, 0.05) is 17.3 Å². The highest BCUT2D eigenvalue weighted by molar-refractivity contribution is 5.51. The van der Waals surface area contributed by atoms with Crippen LogP contribution in [0, 0.1) is 5.92 Å². The van der Waals surface area contributed by atoms with Crippen molar-refractivity contribution in [1.29, 1.82) is 0 Å². The molecule has 1 rings (SSSR count). The number of aliphatic hydroxyl groups is 1. The van der Waals surface area contributed by atoms with Crippen molar-refractivity contribution in [3.63, 3.8) is 0 Å². The van der Waals surface area contributed by atoms with Crippen molar-refractivity contribution in [2.75, 3.05) is 5.32 Å². The zero-order chi connectivity index (χ0) is 11.3. The van der Waals surface area contributed by atoms with Crippen LogP contribution < -0.4 is 5.32 Å². The maximum absolute atomic E-state index is 9.17. The van der Waals surface area contributed by atoms with E-state index in [1.165, 1.54) is 0 Å². The van der Waals surface area contributed by atoms with E-state index in [0.717, 1.165) is 17.7 Å². The van der Waals surface area contributed by atoms with E-state index in [-0.39, 0.29) is 6.61 Å². The Balaban J connectivity index is 2.63. The summed E-state index contributed by atoms with van der Waals surface area (Å²) in [7, 11) is 0. The maximum atomic E-state index is 9.17. The second-order valence-corrected chi connectivity index (χ2v) is 4.49. The topological polar surface area (TPSA) is 32.3 Å². The van der Waals surface area contributed by atoms with Gasteiger partial charge in [-0.25, -0.2) is 0 Å². The van der Waals surface area contributed by atoms with E-state index in [2.05, 4.69) is 26.1 Å². The summed E-state index contributed by atoms with van der Waals surface area (Å²) < 4.78 is 0. The summed E-state index contributed by atoms with van der Waals surface area (Å²) in [6, 6.07) is 8.35. The summed E-state index contributed by atoms with van der Waals surface area (Å²) in [5.74, 6) is 0.689. The summed E-state index contributed by atoms with van der Waals surface area (Å²) >= 11 is 0. The number of benzene rings is 1. The third kappa shape index (κ3) is 3.92. The van der Waals surface area contributed by atoms with Crippen molar-refractivity contribution in [3.05, 3.63) is 29.8 Å². The third-order valence-corrected chi connectivity index (χ3v) is 2.41. The first-order chi connectivity index (χ1) is 7.13. The number of anilines is 1. The van der Waals surface area contributed by atoms with Gasteiger partial charge >= 0.3 is 0 Å². The third-order valence-electron chi connectivity index (χ3n) is 2.41. The van der Waals surface area contributed by atoms with Crippen molar-refractivity contribution >= 4 is 5.69 Å². The summed E-state index contributed by atoms with van der Waals surface area (Å²) in [5, 5.41) is 12.6. The van der Waals surface area contributed by atoms with E-state index in [4.69, 9.17) is 0 Å². The fourth-order valence-electron chi connectivity index (χ4n) is 1.83. The SMILES string of the molecule is CC(C)C[C@@H](C)Nc1ccccc1CO. The summed E-state index contributed by atoms with van der Waals surface area (Å²) in [5.41, 5.74) is 2.02. The zero-order valence-electron chi connectivity index (χ0n) is 9.83. The molecular weight excluding hydrogens is 186 g/mol. The Bertz CT molecular complexity index is 296. The number of hydrogen-bond donors (Lipinski definition) is 2. The van der Waals surface area contributed by atoms with E-state index in [1.54, 1.807) is 0 Å². The highest BCUT2D eigenvalue weighted by Gasteiger charge is 2.06. The van der Waals surface area contributed by atoms with Gasteiger partial charge in [-0.2, -0.15) is 0 Å². The monoisotopic (exact) mass is 207 g/mol. The first kappa shape index (κ1) is 12.1.